The van der Waals surface area contributed by atoms with Gasteiger partial charge in [0.05, 0.1) is 16.8 Å². The number of amides is 1. The van der Waals surface area contributed by atoms with Gasteiger partial charge in [0.25, 0.3) is 11.5 Å². The fourth-order valence-electron chi connectivity index (χ4n) is 5.22. The molecule has 0 bridgehead atoms. The summed E-state index contributed by atoms with van der Waals surface area (Å²) >= 11 is 6.03. The van der Waals surface area contributed by atoms with Crippen molar-refractivity contribution in [3.63, 3.8) is 0 Å². The quantitative estimate of drug-likeness (QED) is 0.266. The number of nitrogen functional groups attached to an aromatic ring is 1. The zero-order valence-electron chi connectivity index (χ0n) is 23.3. The van der Waals surface area contributed by atoms with Crippen LogP contribution in [-0.4, -0.2) is 43.4 Å². The van der Waals surface area contributed by atoms with E-state index in [4.69, 9.17) is 22.1 Å². The van der Waals surface area contributed by atoms with Gasteiger partial charge in [-0.2, -0.15) is 9.78 Å². The minimum atomic E-state index is -0.521. The number of nitrogens with zero attached hydrogens (tertiary/aromatic N) is 5. The minimum Gasteiger partial charge on any atom is -0.383 e. The molecule has 0 unspecified atom stereocenters. The standard InChI is InChI=1S/C31H30ClN7O3/c1-18(2)26-15-24(31(41)39(37-26)23-9-5-20(32)6-10-23)30(40)36-21-7-3-19(4-8-21)25-16-38(22-11-13-42-14-12-22)29-27(25)28(33)34-17-35-29/h3-10,15-18,22H,11-14H2,1-2H3,(H,36,40)(H2,33,34,35). The van der Waals surface area contributed by atoms with Crippen molar-refractivity contribution in [2.24, 2.45) is 0 Å². The highest BCUT2D eigenvalue weighted by Gasteiger charge is 2.23. The molecule has 214 valence electrons. The minimum absolute atomic E-state index is 0.00261. The fourth-order valence-corrected chi connectivity index (χ4v) is 5.34. The molecular weight excluding hydrogens is 554 g/mol. The van der Waals surface area contributed by atoms with Crippen molar-refractivity contribution in [3.8, 4) is 16.8 Å². The van der Waals surface area contributed by atoms with Crippen LogP contribution in [0.25, 0.3) is 27.8 Å². The Bertz CT molecular complexity index is 1820. The van der Waals surface area contributed by atoms with Gasteiger partial charge >= 0.3 is 0 Å². The Morgan fingerprint density at radius 3 is 2.48 bits per heavy atom. The predicted molar refractivity (Wildman–Crippen MR) is 163 cm³/mol. The number of halogens is 1. The first-order chi connectivity index (χ1) is 20.3. The number of ether oxygens (including phenoxy) is 1. The first-order valence-corrected chi connectivity index (χ1v) is 14.2. The van der Waals surface area contributed by atoms with Crippen LogP contribution in [-0.2, 0) is 4.74 Å². The first-order valence-electron chi connectivity index (χ1n) is 13.8. The summed E-state index contributed by atoms with van der Waals surface area (Å²) in [6.45, 7) is 5.32. The summed E-state index contributed by atoms with van der Waals surface area (Å²) in [7, 11) is 0. The van der Waals surface area contributed by atoms with Crippen molar-refractivity contribution in [1.29, 1.82) is 0 Å². The molecule has 0 atom stereocenters. The summed E-state index contributed by atoms with van der Waals surface area (Å²) in [5.41, 5.74) is 10.1. The second kappa shape index (κ2) is 11.4. The monoisotopic (exact) mass is 583 g/mol. The fraction of sp³-hybridized carbons (Fsp3) is 0.258. The number of rotatable bonds is 6. The van der Waals surface area contributed by atoms with Crippen LogP contribution in [0.2, 0.25) is 5.02 Å². The maximum atomic E-state index is 13.4. The Kier molecular flexibility index (Phi) is 7.49. The van der Waals surface area contributed by atoms with Crippen molar-refractivity contribution in [3.05, 3.63) is 93.8 Å². The zero-order valence-corrected chi connectivity index (χ0v) is 24.0. The highest BCUT2D eigenvalue weighted by atomic mass is 35.5. The maximum Gasteiger partial charge on any atom is 0.284 e. The van der Waals surface area contributed by atoms with Crippen molar-refractivity contribution in [2.45, 2.75) is 38.6 Å². The van der Waals surface area contributed by atoms with Crippen LogP contribution in [0.5, 0.6) is 0 Å². The van der Waals surface area contributed by atoms with Gasteiger partial charge in [-0.1, -0.05) is 37.6 Å². The van der Waals surface area contributed by atoms with Gasteiger partial charge in [-0.15, -0.1) is 0 Å². The van der Waals surface area contributed by atoms with Crippen LogP contribution in [0, 0.1) is 0 Å². The van der Waals surface area contributed by atoms with Gasteiger partial charge in [-0.3, -0.25) is 9.59 Å². The normalized spacial score (nSPS) is 14.0. The molecule has 4 heterocycles. The number of aromatic nitrogens is 5. The third kappa shape index (κ3) is 5.26. The summed E-state index contributed by atoms with van der Waals surface area (Å²) in [6.07, 6.45) is 5.35. The third-order valence-electron chi connectivity index (χ3n) is 7.51. The van der Waals surface area contributed by atoms with E-state index < -0.39 is 11.5 Å². The summed E-state index contributed by atoms with van der Waals surface area (Å²) in [6, 6.07) is 16.0. The molecule has 1 saturated heterocycles. The number of nitrogens with two attached hydrogens (primary N) is 1. The number of carbonyl (C=O) groups is 1. The summed E-state index contributed by atoms with van der Waals surface area (Å²) < 4.78 is 8.96. The number of fused-ring (bicyclic) bond motifs is 1. The average Bonchev–Trinajstić information content (AvgIpc) is 3.39. The molecular formula is C31H30ClN7O3. The van der Waals surface area contributed by atoms with Gasteiger partial charge in [0, 0.05) is 41.7 Å². The van der Waals surface area contributed by atoms with Gasteiger partial charge in [-0.25, -0.2) is 9.97 Å². The number of benzene rings is 2. The molecule has 0 aliphatic carbocycles. The lowest BCUT2D eigenvalue weighted by Gasteiger charge is -2.24. The van der Waals surface area contributed by atoms with Gasteiger partial charge in [-0.05, 0) is 66.8 Å². The summed E-state index contributed by atoms with van der Waals surface area (Å²) in [4.78, 5) is 35.5. The maximum absolute atomic E-state index is 13.4. The van der Waals surface area contributed by atoms with Crippen LogP contribution in [0.3, 0.4) is 0 Å². The summed E-state index contributed by atoms with van der Waals surface area (Å²) in [5.74, 6) is -0.114. The molecule has 3 aromatic heterocycles. The van der Waals surface area contributed by atoms with Crippen molar-refractivity contribution in [1.82, 2.24) is 24.3 Å². The Morgan fingerprint density at radius 1 is 1.07 bits per heavy atom. The third-order valence-corrected chi connectivity index (χ3v) is 7.77. The Morgan fingerprint density at radius 2 is 1.79 bits per heavy atom. The molecule has 42 heavy (non-hydrogen) atoms. The molecule has 5 aromatic rings. The van der Waals surface area contributed by atoms with Gasteiger partial charge < -0.3 is 20.4 Å². The number of hydrogen-bond donors (Lipinski definition) is 2. The van der Waals surface area contributed by atoms with Crippen LogP contribution in [0.15, 0.2) is 71.9 Å². The average molecular weight is 584 g/mol. The Balaban J connectivity index is 1.31. The Hall–Kier alpha value is -4.54. The highest BCUT2D eigenvalue weighted by Crippen LogP contribution is 2.36. The van der Waals surface area contributed by atoms with E-state index in [2.05, 4.69) is 31.1 Å². The predicted octanol–water partition coefficient (Wildman–Crippen LogP) is 5.61. The summed E-state index contributed by atoms with van der Waals surface area (Å²) in [5, 5.41) is 8.69. The van der Waals surface area contributed by atoms with Gasteiger partial charge in [0.2, 0.25) is 0 Å². The molecule has 10 nitrogen and oxygen atoms in total. The SMILES string of the molecule is CC(C)c1cc(C(=O)Nc2ccc(-c3cn(C4CCOCC4)c4ncnc(N)c34)cc2)c(=O)n(-c2ccc(Cl)cc2)n1. The van der Waals surface area contributed by atoms with Crippen LogP contribution < -0.4 is 16.6 Å². The number of carbonyl (C=O) groups excluding carboxylic acids is 1. The van der Waals surface area contributed by atoms with Crippen molar-refractivity contribution < 1.29 is 9.53 Å². The molecule has 0 spiro atoms. The van der Waals surface area contributed by atoms with Gasteiger partial charge in [0.1, 0.15) is 23.4 Å². The molecule has 1 aliphatic heterocycles. The van der Waals surface area contributed by atoms with Gasteiger partial charge in [0.15, 0.2) is 0 Å². The van der Waals surface area contributed by atoms with Crippen molar-refractivity contribution >= 4 is 40.0 Å². The van der Waals surface area contributed by atoms with E-state index in [9.17, 15) is 9.59 Å². The smallest absolute Gasteiger partial charge is 0.284 e. The zero-order chi connectivity index (χ0) is 29.4. The highest BCUT2D eigenvalue weighted by molar-refractivity contribution is 6.30. The molecule has 11 heteroatoms. The lowest BCUT2D eigenvalue weighted by molar-refractivity contribution is 0.0706. The van der Waals surface area contributed by atoms with Crippen molar-refractivity contribution in [2.75, 3.05) is 24.3 Å². The molecule has 1 aliphatic rings. The van der Waals surface area contributed by atoms with E-state index in [1.165, 1.54) is 11.0 Å². The van der Waals surface area contributed by atoms with Crippen LogP contribution >= 0.6 is 11.6 Å². The molecule has 2 aromatic carbocycles. The molecule has 0 radical (unpaired) electrons. The van der Waals surface area contributed by atoms with E-state index in [0.29, 0.717) is 41.1 Å². The second-order valence-electron chi connectivity index (χ2n) is 10.6. The van der Waals surface area contributed by atoms with E-state index >= 15 is 0 Å². The largest absolute Gasteiger partial charge is 0.383 e. The lowest BCUT2D eigenvalue weighted by Crippen LogP contribution is -2.31. The first kappa shape index (κ1) is 27.6. The van der Waals surface area contributed by atoms with E-state index in [1.54, 1.807) is 42.5 Å². The van der Waals surface area contributed by atoms with E-state index in [0.717, 1.165) is 35.0 Å². The topological polar surface area (TPSA) is 130 Å². The van der Waals surface area contributed by atoms with Crippen LogP contribution in [0.1, 0.15) is 54.7 Å². The number of nitrogens with one attached hydrogen (secondary N) is 1. The molecule has 1 fully saturated rings. The number of hydrogen-bond acceptors (Lipinski definition) is 7. The molecule has 1 amide bonds. The number of anilines is 2. The molecule has 0 saturated carbocycles. The van der Waals surface area contributed by atoms with E-state index in [1.807, 2.05) is 26.0 Å². The lowest BCUT2D eigenvalue weighted by atomic mass is 10.1. The molecule has 3 N–H and O–H groups in total. The molecule has 6 rings (SSSR count). The van der Waals surface area contributed by atoms with Crippen LogP contribution in [0.4, 0.5) is 11.5 Å². The van der Waals surface area contributed by atoms with E-state index in [-0.39, 0.29) is 17.5 Å². The second-order valence-corrected chi connectivity index (χ2v) is 11.0. The Labute approximate surface area is 247 Å².